The van der Waals surface area contributed by atoms with Crippen LogP contribution in [0.4, 0.5) is 0 Å². The fraction of sp³-hybridized carbons (Fsp3) is 0.360. The molecule has 0 bridgehead atoms. The molecule has 1 unspecified atom stereocenters. The molecule has 10 heteroatoms. The van der Waals surface area contributed by atoms with E-state index in [0.717, 1.165) is 23.2 Å². The van der Waals surface area contributed by atoms with E-state index in [4.69, 9.17) is 10.6 Å². The third-order valence-electron chi connectivity index (χ3n) is 6.69. The summed E-state index contributed by atoms with van der Waals surface area (Å²) >= 11 is 0. The molecule has 0 aromatic heterocycles. The van der Waals surface area contributed by atoms with E-state index in [-0.39, 0.29) is 31.2 Å². The van der Waals surface area contributed by atoms with Gasteiger partial charge in [-0.3, -0.25) is 24.1 Å². The number of fused-ring (bicyclic) bond motifs is 1. The van der Waals surface area contributed by atoms with Crippen LogP contribution in [0.15, 0.2) is 42.5 Å². The number of amides is 4. The van der Waals surface area contributed by atoms with Crippen molar-refractivity contribution in [1.82, 2.24) is 20.1 Å². The van der Waals surface area contributed by atoms with Crippen LogP contribution in [0.1, 0.15) is 39.9 Å². The van der Waals surface area contributed by atoms with Gasteiger partial charge in [-0.2, -0.15) is 0 Å². The maximum atomic E-state index is 13.0. The lowest BCUT2D eigenvalue weighted by molar-refractivity contribution is -0.152. The van der Waals surface area contributed by atoms with Crippen LogP contribution in [0.5, 0.6) is 5.75 Å². The number of hydrogen-bond donors (Lipinski definition) is 2. The molecule has 35 heavy (non-hydrogen) atoms. The summed E-state index contributed by atoms with van der Waals surface area (Å²) in [5.74, 6) is 4.97. The highest BCUT2D eigenvalue weighted by atomic mass is 16.5. The first-order valence-corrected chi connectivity index (χ1v) is 11.6. The number of nitrogens with two attached hydrogens (primary N) is 1. The Balaban J connectivity index is 1.23. The first-order valence-electron chi connectivity index (χ1n) is 11.6. The lowest BCUT2D eigenvalue weighted by Crippen LogP contribution is -2.57. The smallest absolute Gasteiger partial charge is 0.266 e. The van der Waals surface area contributed by atoms with Crippen LogP contribution in [0.25, 0.3) is 0 Å². The molecule has 0 radical (unpaired) electrons. The van der Waals surface area contributed by atoms with Gasteiger partial charge in [0.2, 0.25) is 11.8 Å². The number of piperidine rings is 1. The monoisotopic (exact) mass is 477 g/mol. The Bertz CT molecular complexity index is 1180. The summed E-state index contributed by atoms with van der Waals surface area (Å²) in [5.41, 5.74) is 3.32. The topological polar surface area (TPSA) is 125 Å². The van der Waals surface area contributed by atoms with Gasteiger partial charge in [0.1, 0.15) is 18.4 Å². The molecule has 2 aromatic rings. The molecular formula is C25H27N5O5. The lowest BCUT2D eigenvalue weighted by atomic mass is 10.0. The third-order valence-corrected chi connectivity index (χ3v) is 6.69. The normalized spacial score (nSPS) is 20.8. The number of benzene rings is 2. The number of rotatable bonds is 6. The Kier molecular flexibility index (Phi) is 6.23. The first kappa shape index (κ1) is 23.0. The van der Waals surface area contributed by atoms with Crippen LogP contribution in [-0.4, -0.2) is 64.1 Å². The Hall–Kier alpha value is -3.76. The predicted molar refractivity (Wildman–Crippen MR) is 124 cm³/mol. The van der Waals surface area contributed by atoms with Crippen molar-refractivity contribution in [1.29, 1.82) is 0 Å². The minimum Gasteiger partial charge on any atom is -0.489 e. The molecule has 182 valence electrons. The molecule has 2 saturated heterocycles. The Morgan fingerprint density at radius 1 is 1.00 bits per heavy atom. The van der Waals surface area contributed by atoms with E-state index >= 15 is 0 Å². The van der Waals surface area contributed by atoms with Crippen LogP contribution in [0.3, 0.4) is 0 Å². The molecule has 5 rings (SSSR count). The largest absolute Gasteiger partial charge is 0.489 e. The highest BCUT2D eigenvalue weighted by Crippen LogP contribution is 2.34. The van der Waals surface area contributed by atoms with E-state index in [1.165, 1.54) is 4.90 Å². The molecule has 2 fully saturated rings. The lowest BCUT2D eigenvalue weighted by Gasteiger charge is -2.33. The number of nitrogens with zero attached hydrogens (tertiary/aromatic N) is 3. The number of piperazine rings is 1. The standard InChI is InChI=1S/C25H27N5O5/c26-30-23(32)9-8-20(25(30)34)29-13-19-18(24(29)33)2-1-3-21(19)35-15-17-6-4-16(5-7-17)12-28-11-10-27-22(31)14-28/h1-7,20H,8-15,26H2,(H,27,31). The molecular weight excluding hydrogens is 450 g/mol. The molecule has 3 N–H and O–H groups in total. The van der Waals surface area contributed by atoms with Crippen molar-refractivity contribution in [3.8, 4) is 5.75 Å². The van der Waals surface area contributed by atoms with Crippen LogP contribution in [-0.2, 0) is 34.1 Å². The maximum absolute atomic E-state index is 13.0. The fourth-order valence-corrected chi connectivity index (χ4v) is 4.78. The number of carbonyl (C=O) groups is 4. The van der Waals surface area contributed by atoms with Gasteiger partial charge in [0, 0.05) is 37.2 Å². The van der Waals surface area contributed by atoms with Crippen LogP contribution in [0.2, 0.25) is 0 Å². The molecule has 0 saturated carbocycles. The van der Waals surface area contributed by atoms with E-state index in [9.17, 15) is 19.2 Å². The molecule has 3 aliphatic heterocycles. The molecule has 4 amide bonds. The Morgan fingerprint density at radius 3 is 2.54 bits per heavy atom. The van der Waals surface area contributed by atoms with Gasteiger partial charge in [0.25, 0.3) is 11.8 Å². The summed E-state index contributed by atoms with van der Waals surface area (Å²) in [7, 11) is 0. The Morgan fingerprint density at radius 2 is 1.77 bits per heavy atom. The zero-order valence-corrected chi connectivity index (χ0v) is 19.2. The minimum atomic E-state index is -0.760. The van der Waals surface area contributed by atoms with Gasteiger partial charge in [0.15, 0.2) is 0 Å². The average Bonchev–Trinajstić information content (AvgIpc) is 3.19. The second kappa shape index (κ2) is 9.47. The second-order valence-corrected chi connectivity index (χ2v) is 9.04. The van der Waals surface area contributed by atoms with E-state index in [2.05, 4.69) is 10.2 Å². The van der Waals surface area contributed by atoms with Crippen LogP contribution >= 0.6 is 0 Å². The highest BCUT2D eigenvalue weighted by molar-refractivity contribution is 6.05. The van der Waals surface area contributed by atoms with Crippen LogP contribution in [0, 0.1) is 0 Å². The van der Waals surface area contributed by atoms with Crippen molar-refractivity contribution in [3.05, 3.63) is 64.7 Å². The summed E-state index contributed by atoms with van der Waals surface area (Å²) in [6.07, 6.45) is 0.382. The van der Waals surface area contributed by atoms with Crippen LogP contribution < -0.4 is 15.9 Å². The summed E-state index contributed by atoms with van der Waals surface area (Å²) in [5, 5.41) is 3.44. The molecule has 3 aliphatic rings. The first-order chi connectivity index (χ1) is 16.9. The average molecular weight is 478 g/mol. The molecule has 0 spiro atoms. The third kappa shape index (κ3) is 4.62. The molecule has 10 nitrogen and oxygen atoms in total. The zero-order chi connectivity index (χ0) is 24.5. The highest BCUT2D eigenvalue weighted by Gasteiger charge is 2.42. The van der Waals surface area contributed by atoms with Gasteiger partial charge in [-0.1, -0.05) is 30.3 Å². The quantitative estimate of drug-likeness (QED) is 0.353. The summed E-state index contributed by atoms with van der Waals surface area (Å²) in [6, 6.07) is 12.6. The summed E-state index contributed by atoms with van der Waals surface area (Å²) in [4.78, 5) is 52.4. The maximum Gasteiger partial charge on any atom is 0.266 e. The Labute approximate surface area is 202 Å². The van der Waals surface area contributed by atoms with Gasteiger partial charge >= 0.3 is 0 Å². The molecule has 2 aromatic carbocycles. The van der Waals surface area contributed by atoms with Crippen molar-refractivity contribution in [2.45, 2.75) is 38.6 Å². The minimum absolute atomic E-state index is 0.0513. The SMILES string of the molecule is NN1C(=O)CCC(N2Cc3c(OCc4ccc(CN5CCNC(=O)C5)cc4)cccc3C2=O)C1=O. The predicted octanol–water partition coefficient (Wildman–Crippen LogP) is 0.545. The molecule has 1 atom stereocenters. The van der Waals surface area contributed by atoms with Crippen molar-refractivity contribution in [2.75, 3.05) is 19.6 Å². The van der Waals surface area contributed by atoms with Crippen molar-refractivity contribution in [3.63, 3.8) is 0 Å². The van der Waals surface area contributed by atoms with Crippen molar-refractivity contribution >= 4 is 23.6 Å². The number of ether oxygens (including phenoxy) is 1. The second-order valence-electron chi connectivity index (χ2n) is 9.04. The number of carbonyl (C=O) groups excluding carboxylic acids is 4. The zero-order valence-electron chi connectivity index (χ0n) is 19.2. The van der Waals surface area contributed by atoms with E-state index in [0.29, 0.717) is 42.6 Å². The number of hydrogen-bond acceptors (Lipinski definition) is 7. The summed E-state index contributed by atoms with van der Waals surface area (Å²) in [6.45, 7) is 3.17. The van der Waals surface area contributed by atoms with E-state index in [1.807, 2.05) is 30.3 Å². The van der Waals surface area contributed by atoms with E-state index < -0.39 is 17.9 Å². The molecule has 0 aliphatic carbocycles. The molecule has 3 heterocycles. The fourth-order valence-electron chi connectivity index (χ4n) is 4.78. The van der Waals surface area contributed by atoms with Gasteiger partial charge in [-0.05, 0) is 29.7 Å². The van der Waals surface area contributed by atoms with Gasteiger partial charge in [0.05, 0.1) is 13.1 Å². The number of hydrazine groups is 1. The van der Waals surface area contributed by atoms with Crippen molar-refractivity contribution in [2.24, 2.45) is 5.84 Å². The number of imide groups is 1. The van der Waals surface area contributed by atoms with E-state index in [1.54, 1.807) is 12.1 Å². The van der Waals surface area contributed by atoms with Gasteiger partial charge in [-0.15, -0.1) is 0 Å². The number of nitrogens with one attached hydrogen (secondary N) is 1. The van der Waals surface area contributed by atoms with Gasteiger partial charge < -0.3 is 15.0 Å². The van der Waals surface area contributed by atoms with Gasteiger partial charge in [-0.25, -0.2) is 10.9 Å². The van der Waals surface area contributed by atoms with Crippen molar-refractivity contribution < 1.29 is 23.9 Å². The summed E-state index contributed by atoms with van der Waals surface area (Å²) < 4.78 is 6.07.